The molecule has 2 amide bonds. The summed E-state index contributed by atoms with van der Waals surface area (Å²) in [6.45, 7) is 1.69. The third kappa shape index (κ3) is 6.57. The molecule has 1 rings (SSSR count). The fraction of sp³-hybridized carbons (Fsp3) is 0.412. The van der Waals surface area contributed by atoms with Crippen molar-refractivity contribution in [3.8, 4) is 0 Å². The summed E-state index contributed by atoms with van der Waals surface area (Å²) in [5, 5.41) is 2.56. The minimum atomic E-state index is -1.61. The van der Waals surface area contributed by atoms with Gasteiger partial charge in [0.1, 0.15) is 0 Å². The molecule has 0 heterocycles. The van der Waals surface area contributed by atoms with Crippen LogP contribution in [0.4, 0.5) is 8.78 Å². The fourth-order valence-electron chi connectivity index (χ4n) is 2.17. The molecule has 0 aliphatic heterocycles. The molecule has 0 saturated carbocycles. The van der Waals surface area contributed by atoms with E-state index in [1.165, 1.54) is 12.1 Å². The second kappa shape index (κ2) is 10.4. The molecule has 1 aromatic carbocycles. The summed E-state index contributed by atoms with van der Waals surface area (Å²) >= 11 is 11.8. The van der Waals surface area contributed by atoms with Crippen molar-refractivity contribution in [2.75, 3.05) is 0 Å². The van der Waals surface area contributed by atoms with Crippen LogP contribution in [-0.2, 0) is 4.79 Å². The van der Waals surface area contributed by atoms with Gasteiger partial charge in [0.15, 0.2) is 0 Å². The molecule has 1 aromatic rings. The third-order valence-corrected chi connectivity index (χ3v) is 4.15. The van der Waals surface area contributed by atoms with Gasteiger partial charge in [0.25, 0.3) is 12.0 Å². The quantitative estimate of drug-likeness (QED) is 0.585. The highest BCUT2D eigenvalue weighted by atomic mass is 35.5. The number of carbonyl (C=O) groups is 2. The normalized spacial score (nSPS) is 10.4. The first-order valence-corrected chi connectivity index (χ1v) is 8.43. The van der Waals surface area contributed by atoms with E-state index in [9.17, 15) is 18.4 Å². The van der Waals surface area contributed by atoms with Crippen molar-refractivity contribution in [2.45, 2.75) is 45.4 Å². The standard InChI is InChI=1S/C17H19Cl2F2NO2/c1-2-11(16(20)21)7-4-3-5-10-14(23)22-17(24)15-12(18)8-6-9-13(15)19/h6,8-9H,2-5,7,10H2,1H3,(H,22,23,24). The Hall–Kier alpha value is -1.46. The second-order valence-corrected chi connectivity index (χ2v) is 6.07. The highest BCUT2D eigenvalue weighted by Crippen LogP contribution is 2.24. The van der Waals surface area contributed by atoms with Crippen molar-refractivity contribution in [1.82, 2.24) is 5.32 Å². The van der Waals surface area contributed by atoms with Crippen LogP contribution in [0.3, 0.4) is 0 Å². The number of rotatable bonds is 8. The Kier molecular flexibility index (Phi) is 8.93. The monoisotopic (exact) mass is 377 g/mol. The van der Waals surface area contributed by atoms with E-state index >= 15 is 0 Å². The highest BCUT2D eigenvalue weighted by Gasteiger charge is 2.16. The third-order valence-electron chi connectivity index (χ3n) is 3.52. The predicted molar refractivity (Wildman–Crippen MR) is 91.6 cm³/mol. The molecule has 0 spiro atoms. The molecule has 132 valence electrons. The zero-order valence-electron chi connectivity index (χ0n) is 13.3. The molecule has 0 fully saturated rings. The molecule has 0 unspecified atom stereocenters. The molecule has 0 radical (unpaired) electrons. The Morgan fingerprint density at radius 3 is 2.17 bits per heavy atom. The summed E-state index contributed by atoms with van der Waals surface area (Å²) < 4.78 is 24.9. The maximum atomic E-state index is 12.5. The van der Waals surface area contributed by atoms with Gasteiger partial charge in [0.2, 0.25) is 5.91 Å². The van der Waals surface area contributed by atoms with E-state index in [0.29, 0.717) is 32.1 Å². The summed E-state index contributed by atoms with van der Waals surface area (Å²) in [5.74, 6) is -1.09. The first-order valence-electron chi connectivity index (χ1n) is 7.68. The lowest BCUT2D eigenvalue weighted by atomic mass is 10.1. The molecule has 0 bridgehead atoms. The Morgan fingerprint density at radius 1 is 1.04 bits per heavy atom. The van der Waals surface area contributed by atoms with Crippen LogP contribution in [0, 0.1) is 0 Å². The summed E-state index contributed by atoms with van der Waals surface area (Å²) in [4.78, 5) is 23.8. The number of imide groups is 1. The number of amides is 2. The van der Waals surface area contributed by atoms with Crippen LogP contribution in [-0.4, -0.2) is 11.8 Å². The summed E-state index contributed by atoms with van der Waals surface area (Å²) in [7, 11) is 0. The number of hydrogen-bond acceptors (Lipinski definition) is 2. The van der Waals surface area contributed by atoms with Crippen LogP contribution in [0.25, 0.3) is 0 Å². The SMILES string of the molecule is CCC(CCCCCC(=O)NC(=O)c1c(Cl)cccc1Cl)=C(F)F. The van der Waals surface area contributed by atoms with Crippen LogP contribution < -0.4 is 5.32 Å². The van der Waals surface area contributed by atoms with Crippen molar-refractivity contribution in [2.24, 2.45) is 0 Å². The van der Waals surface area contributed by atoms with E-state index in [-0.39, 0.29) is 27.6 Å². The molecular formula is C17H19Cl2F2NO2. The Balaban J connectivity index is 2.37. The maximum Gasteiger partial charge on any atom is 0.269 e. The first kappa shape index (κ1) is 20.6. The number of benzene rings is 1. The van der Waals surface area contributed by atoms with Gasteiger partial charge in [0, 0.05) is 6.42 Å². The number of unbranched alkanes of at least 4 members (excludes halogenated alkanes) is 2. The number of hydrogen-bond donors (Lipinski definition) is 1. The predicted octanol–water partition coefficient (Wildman–Crippen LogP) is 5.76. The van der Waals surface area contributed by atoms with Gasteiger partial charge in [-0.15, -0.1) is 0 Å². The highest BCUT2D eigenvalue weighted by molar-refractivity contribution is 6.40. The Bertz CT molecular complexity index is 609. The van der Waals surface area contributed by atoms with Crippen molar-refractivity contribution in [3.63, 3.8) is 0 Å². The minimum absolute atomic E-state index is 0.0605. The van der Waals surface area contributed by atoms with E-state index in [2.05, 4.69) is 5.32 Å². The van der Waals surface area contributed by atoms with Crippen molar-refractivity contribution in [1.29, 1.82) is 0 Å². The van der Waals surface area contributed by atoms with E-state index in [4.69, 9.17) is 23.2 Å². The number of allylic oxidation sites excluding steroid dienone is 1. The average molecular weight is 378 g/mol. The summed E-state index contributed by atoms with van der Waals surface area (Å²) in [6, 6.07) is 4.62. The molecule has 0 aliphatic carbocycles. The second-order valence-electron chi connectivity index (χ2n) is 5.25. The molecular weight excluding hydrogens is 359 g/mol. The van der Waals surface area contributed by atoms with Crippen LogP contribution in [0.5, 0.6) is 0 Å². The van der Waals surface area contributed by atoms with E-state index in [1.54, 1.807) is 13.0 Å². The maximum absolute atomic E-state index is 12.5. The largest absolute Gasteiger partial charge is 0.292 e. The zero-order valence-corrected chi connectivity index (χ0v) is 14.8. The summed E-state index contributed by atoms with van der Waals surface area (Å²) in [6.07, 6.45) is 0.906. The molecule has 24 heavy (non-hydrogen) atoms. The molecule has 3 nitrogen and oxygen atoms in total. The van der Waals surface area contributed by atoms with Gasteiger partial charge >= 0.3 is 0 Å². The van der Waals surface area contributed by atoms with Gasteiger partial charge in [-0.05, 0) is 43.4 Å². The van der Waals surface area contributed by atoms with Crippen molar-refractivity contribution in [3.05, 3.63) is 45.5 Å². The smallest absolute Gasteiger partial charge is 0.269 e. The van der Waals surface area contributed by atoms with Crippen LogP contribution in [0.15, 0.2) is 29.9 Å². The zero-order chi connectivity index (χ0) is 18.1. The lowest BCUT2D eigenvalue weighted by molar-refractivity contribution is -0.120. The van der Waals surface area contributed by atoms with Crippen LogP contribution >= 0.6 is 23.2 Å². The van der Waals surface area contributed by atoms with Crippen LogP contribution in [0.2, 0.25) is 10.0 Å². The van der Waals surface area contributed by atoms with Gasteiger partial charge < -0.3 is 0 Å². The van der Waals surface area contributed by atoms with Gasteiger partial charge in [0.05, 0.1) is 15.6 Å². The molecule has 0 aliphatic rings. The Labute approximate surface area is 150 Å². The number of nitrogens with one attached hydrogen (secondary N) is 1. The van der Waals surface area contributed by atoms with Crippen molar-refractivity contribution >= 4 is 35.0 Å². The number of halogens is 4. The average Bonchev–Trinajstić information content (AvgIpc) is 2.50. The van der Waals surface area contributed by atoms with Gasteiger partial charge in [-0.25, -0.2) is 0 Å². The van der Waals surface area contributed by atoms with Crippen molar-refractivity contribution < 1.29 is 18.4 Å². The molecule has 1 N–H and O–H groups in total. The molecule has 0 aromatic heterocycles. The summed E-state index contributed by atoms with van der Waals surface area (Å²) in [5.41, 5.74) is 0.216. The first-order chi connectivity index (χ1) is 11.4. The lowest BCUT2D eigenvalue weighted by Gasteiger charge is -2.07. The van der Waals surface area contributed by atoms with Crippen LogP contribution in [0.1, 0.15) is 55.8 Å². The fourth-order valence-corrected chi connectivity index (χ4v) is 2.74. The minimum Gasteiger partial charge on any atom is -0.292 e. The van der Waals surface area contributed by atoms with Gasteiger partial charge in [-0.3, -0.25) is 14.9 Å². The van der Waals surface area contributed by atoms with E-state index < -0.39 is 17.9 Å². The molecule has 0 atom stereocenters. The Morgan fingerprint density at radius 2 is 1.62 bits per heavy atom. The van der Waals surface area contributed by atoms with E-state index in [0.717, 1.165) is 0 Å². The van der Waals surface area contributed by atoms with Gasteiger partial charge in [-0.2, -0.15) is 8.78 Å². The molecule has 0 saturated heterocycles. The molecule has 7 heteroatoms. The van der Waals surface area contributed by atoms with E-state index in [1.807, 2.05) is 0 Å². The number of carbonyl (C=O) groups excluding carboxylic acids is 2. The lowest BCUT2D eigenvalue weighted by Crippen LogP contribution is -2.30. The topological polar surface area (TPSA) is 46.2 Å². The van der Waals surface area contributed by atoms with Gasteiger partial charge in [-0.1, -0.05) is 42.6 Å².